The van der Waals surface area contributed by atoms with Gasteiger partial charge in [-0.1, -0.05) is 18.2 Å². The Bertz CT molecular complexity index is 605. The molecule has 1 aromatic carbocycles. The van der Waals surface area contributed by atoms with E-state index >= 15 is 0 Å². The highest BCUT2D eigenvalue weighted by Gasteiger charge is 2.11. The molecule has 1 aromatic heterocycles. The number of benzene rings is 1. The molecule has 0 saturated heterocycles. The Hall–Kier alpha value is -2.27. The SMILES string of the molecule is O=C(Cc1cccc(F)c1)NCC(CO)Cc1ccccn1. The lowest BCUT2D eigenvalue weighted by molar-refractivity contribution is -0.120. The monoisotopic (exact) mass is 302 g/mol. The number of nitrogens with one attached hydrogen (secondary N) is 1. The number of pyridine rings is 1. The molecule has 1 atom stereocenters. The van der Waals surface area contributed by atoms with Crippen LogP contribution in [0.25, 0.3) is 0 Å². The molecule has 1 heterocycles. The van der Waals surface area contributed by atoms with Crippen LogP contribution in [-0.2, 0) is 17.6 Å². The Labute approximate surface area is 129 Å². The molecule has 2 rings (SSSR count). The molecule has 0 spiro atoms. The lowest BCUT2D eigenvalue weighted by Gasteiger charge is -2.14. The van der Waals surface area contributed by atoms with Gasteiger partial charge in [0.15, 0.2) is 0 Å². The van der Waals surface area contributed by atoms with E-state index in [4.69, 9.17) is 0 Å². The first kappa shape index (κ1) is 16.1. The lowest BCUT2D eigenvalue weighted by atomic mass is 10.0. The fourth-order valence-corrected chi connectivity index (χ4v) is 2.17. The van der Waals surface area contributed by atoms with Crippen LogP contribution in [0, 0.1) is 11.7 Å². The molecule has 1 amide bonds. The van der Waals surface area contributed by atoms with Crippen LogP contribution < -0.4 is 5.32 Å². The van der Waals surface area contributed by atoms with Gasteiger partial charge in [-0.05, 0) is 36.2 Å². The summed E-state index contributed by atoms with van der Waals surface area (Å²) in [6.07, 6.45) is 2.42. The number of hydrogen-bond donors (Lipinski definition) is 2. The Kier molecular flexibility index (Phi) is 6.03. The van der Waals surface area contributed by atoms with Gasteiger partial charge in [-0.2, -0.15) is 0 Å². The number of aliphatic hydroxyl groups excluding tert-OH is 1. The molecule has 0 bridgehead atoms. The van der Waals surface area contributed by atoms with Crippen molar-refractivity contribution in [3.05, 3.63) is 65.7 Å². The molecule has 0 aliphatic rings. The fraction of sp³-hybridized carbons (Fsp3) is 0.294. The van der Waals surface area contributed by atoms with Crippen LogP contribution in [0.4, 0.5) is 4.39 Å². The molecule has 0 aliphatic heterocycles. The summed E-state index contributed by atoms with van der Waals surface area (Å²) in [6.45, 7) is 0.331. The molecular weight excluding hydrogens is 283 g/mol. The first-order chi connectivity index (χ1) is 10.7. The van der Waals surface area contributed by atoms with Crippen LogP contribution in [0.15, 0.2) is 48.7 Å². The zero-order valence-electron chi connectivity index (χ0n) is 12.2. The molecule has 0 fully saturated rings. The predicted octanol–water partition coefficient (Wildman–Crippen LogP) is 1.73. The van der Waals surface area contributed by atoms with E-state index in [1.54, 1.807) is 18.3 Å². The number of carbonyl (C=O) groups is 1. The van der Waals surface area contributed by atoms with Gasteiger partial charge in [-0.3, -0.25) is 9.78 Å². The number of aliphatic hydroxyl groups is 1. The molecule has 0 radical (unpaired) electrons. The number of rotatable bonds is 7. The van der Waals surface area contributed by atoms with E-state index in [0.717, 1.165) is 5.69 Å². The largest absolute Gasteiger partial charge is 0.396 e. The van der Waals surface area contributed by atoms with Crippen LogP contribution in [0.1, 0.15) is 11.3 Å². The molecule has 0 saturated carbocycles. The van der Waals surface area contributed by atoms with Gasteiger partial charge in [0.2, 0.25) is 5.91 Å². The summed E-state index contributed by atoms with van der Waals surface area (Å²) in [5.41, 5.74) is 1.50. The second kappa shape index (κ2) is 8.24. The van der Waals surface area contributed by atoms with Crippen LogP contribution in [0.2, 0.25) is 0 Å². The quantitative estimate of drug-likeness (QED) is 0.819. The average Bonchev–Trinajstić information content (AvgIpc) is 2.52. The summed E-state index contributed by atoms with van der Waals surface area (Å²) >= 11 is 0. The maximum atomic E-state index is 13.1. The standard InChI is InChI=1S/C17H19FN2O2/c18-15-5-3-4-13(8-15)10-17(22)20-11-14(12-21)9-16-6-1-2-7-19-16/h1-8,14,21H,9-12H2,(H,20,22). The lowest BCUT2D eigenvalue weighted by Crippen LogP contribution is -2.33. The number of carbonyl (C=O) groups excluding carboxylic acids is 1. The average molecular weight is 302 g/mol. The summed E-state index contributed by atoms with van der Waals surface area (Å²) < 4.78 is 13.1. The second-order valence-electron chi connectivity index (χ2n) is 5.18. The first-order valence-corrected chi connectivity index (χ1v) is 7.19. The molecule has 4 nitrogen and oxygen atoms in total. The minimum Gasteiger partial charge on any atom is -0.396 e. The first-order valence-electron chi connectivity index (χ1n) is 7.19. The van der Waals surface area contributed by atoms with Crippen LogP contribution in [0.3, 0.4) is 0 Å². The molecule has 2 N–H and O–H groups in total. The van der Waals surface area contributed by atoms with Crippen LogP contribution in [-0.4, -0.2) is 29.1 Å². The smallest absolute Gasteiger partial charge is 0.224 e. The van der Waals surface area contributed by atoms with E-state index in [-0.39, 0.29) is 30.7 Å². The Balaban J connectivity index is 1.81. The third-order valence-corrected chi connectivity index (χ3v) is 3.32. The predicted molar refractivity (Wildman–Crippen MR) is 81.6 cm³/mol. The Morgan fingerprint density at radius 2 is 2.14 bits per heavy atom. The highest BCUT2D eigenvalue weighted by atomic mass is 19.1. The van der Waals surface area contributed by atoms with Gasteiger partial charge < -0.3 is 10.4 Å². The van der Waals surface area contributed by atoms with E-state index in [2.05, 4.69) is 10.3 Å². The van der Waals surface area contributed by atoms with Gasteiger partial charge in [0.1, 0.15) is 5.82 Å². The van der Waals surface area contributed by atoms with Gasteiger partial charge in [-0.15, -0.1) is 0 Å². The molecule has 1 unspecified atom stereocenters. The zero-order chi connectivity index (χ0) is 15.8. The van der Waals surface area contributed by atoms with Crippen molar-refractivity contribution >= 4 is 5.91 Å². The van der Waals surface area contributed by atoms with Crippen molar-refractivity contribution in [3.8, 4) is 0 Å². The van der Waals surface area contributed by atoms with Crippen molar-refractivity contribution in [1.82, 2.24) is 10.3 Å². The summed E-state index contributed by atoms with van der Waals surface area (Å²) in [6, 6.07) is 11.6. The topological polar surface area (TPSA) is 62.2 Å². The van der Waals surface area contributed by atoms with E-state index in [1.807, 2.05) is 18.2 Å². The van der Waals surface area contributed by atoms with Gasteiger partial charge in [0.05, 0.1) is 6.42 Å². The van der Waals surface area contributed by atoms with Crippen LogP contribution in [0.5, 0.6) is 0 Å². The van der Waals surface area contributed by atoms with Crippen molar-refractivity contribution < 1.29 is 14.3 Å². The third kappa shape index (κ3) is 5.26. The maximum absolute atomic E-state index is 13.1. The second-order valence-corrected chi connectivity index (χ2v) is 5.18. The van der Waals surface area contributed by atoms with Crippen molar-refractivity contribution in [2.45, 2.75) is 12.8 Å². The van der Waals surface area contributed by atoms with E-state index in [0.29, 0.717) is 18.5 Å². The molecule has 0 aliphatic carbocycles. The number of hydrogen-bond acceptors (Lipinski definition) is 3. The highest BCUT2D eigenvalue weighted by molar-refractivity contribution is 5.78. The van der Waals surface area contributed by atoms with Crippen LogP contribution >= 0.6 is 0 Å². The molecule has 116 valence electrons. The van der Waals surface area contributed by atoms with E-state index < -0.39 is 0 Å². The minimum absolute atomic E-state index is 0.0309. The van der Waals surface area contributed by atoms with Crippen molar-refractivity contribution in [3.63, 3.8) is 0 Å². The summed E-state index contributed by atoms with van der Waals surface area (Å²) in [5.74, 6) is -0.634. The molecular formula is C17H19FN2O2. The summed E-state index contributed by atoms with van der Waals surface area (Å²) in [5, 5.41) is 12.2. The number of aromatic nitrogens is 1. The summed E-state index contributed by atoms with van der Waals surface area (Å²) in [4.78, 5) is 16.1. The molecule has 22 heavy (non-hydrogen) atoms. The highest BCUT2D eigenvalue weighted by Crippen LogP contribution is 2.06. The Morgan fingerprint density at radius 1 is 1.27 bits per heavy atom. The van der Waals surface area contributed by atoms with Gasteiger partial charge >= 0.3 is 0 Å². The number of nitrogens with zero attached hydrogens (tertiary/aromatic N) is 1. The Morgan fingerprint density at radius 3 is 2.82 bits per heavy atom. The maximum Gasteiger partial charge on any atom is 0.224 e. The summed E-state index contributed by atoms with van der Waals surface area (Å²) in [7, 11) is 0. The molecule has 5 heteroatoms. The van der Waals surface area contributed by atoms with E-state index in [1.165, 1.54) is 12.1 Å². The van der Waals surface area contributed by atoms with E-state index in [9.17, 15) is 14.3 Å². The van der Waals surface area contributed by atoms with Crippen molar-refractivity contribution in [2.24, 2.45) is 5.92 Å². The fourth-order valence-electron chi connectivity index (χ4n) is 2.17. The van der Waals surface area contributed by atoms with Crippen molar-refractivity contribution in [1.29, 1.82) is 0 Å². The molecule has 2 aromatic rings. The zero-order valence-corrected chi connectivity index (χ0v) is 12.2. The number of amides is 1. The number of halogens is 1. The normalized spacial score (nSPS) is 11.9. The minimum atomic E-state index is -0.353. The van der Waals surface area contributed by atoms with Gasteiger partial charge in [0, 0.05) is 31.0 Å². The van der Waals surface area contributed by atoms with Gasteiger partial charge in [-0.25, -0.2) is 4.39 Å². The van der Waals surface area contributed by atoms with Gasteiger partial charge in [0.25, 0.3) is 0 Å². The third-order valence-electron chi connectivity index (χ3n) is 3.32. The van der Waals surface area contributed by atoms with Crippen molar-refractivity contribution in [2.75, 3.05) is 13.2 Å².